The smallest absolute Gasteiger partial charge is 0.341 e. The van der Waals surface area contributed by atoms with Crippen LogP contribution in [0.4, 0.5) is 16.4 Å². The normalized spacial score (nSPS) is 13.0. The summed E-state index contributed by atoms with van der Waals surface area (Å²) in [6.45, 7) is 6.03. The van der Waals surface area contributed by atoms with E-state index < -0.39 is 28.0 Å². The number of esters is 1. The van der Waals surface area contributed by atoms with E-state index in [1.165, 1.54) is 54.3 Å². The SMILES string of the molecule is CCOC(=O)c1c(NC(=O)C(CC)Sc2cccc(NC(=O)/C(=C\c3ccccc3[N+](=O)[O-])NC(=O)c3ccccc3)c2)sc2c1CCN(C(C)=O)C2. The predicted octanol–water partition coefficient (Wildman–Crippen LogP) is 6.66. The number of benzene rings is 3. The molecule has 0 aliphatic carbocycles. The number of anilines is 2. The number of hydrogen-bond donors (Lipinski definition) is 3. The van der Waals surface area contributed by atoms with Crippen LogP contribution in [-0.2, 0) is 32.1 Å². The number of nitro groups is 1. The monoisotopic (exact) mass is 755 g/mol. The summed E-state index contributed by atoms with van der Waals surface area (Å²) in [5.74, 6) is -2.25. The van der Waals surface area contributed by atoms with Gasteiger partial charge in [-0.3, -0.25) is 29.3 Å². The number of nitrogens with zero attached hydrogens (tertiary/aromatic N) is 2. The number of para-hydroxylation sites is 1. The summed E-state index contributed by atoms with van der Waals surface area (Å²) in [5, 5.41) is 19.7. The Kier molecular flexibility index (Phi) is 12.8. The number of fused-ring (bicyclic) bond motifs is 1. The van der Waals surface area contributed by atoms with Gasteiger partial charge in [0, 0.05) is 40.6 Å². The van der Waals surface area contributed by atoms with Crippen molar-refractivity contribution in [1.29, 1.82) is 0 Å². The van der Waals surface area contributed by atoms with Crippen molar-refractivity contribution in [2.75, 3.05) is 23.8 Å². The van der Waals surface area contributed by atoms with E-state index in [0.29, 0.717) is 47.1 Å². The molecule has 0 radical (unpaired) electrons. The van der Waals surface area contributed by atoms with Crippen LogP contribution in [-0.4, -0.2) is 57.8 Å². The molecule has 3 aromatic carbocycles. The largest absolute Gasteiger partial charge is 0.462 e. The van der Waals surface area contributed by atoms with Crippen molar-refractivity contribution in [3.63, 3.8) is 0 Å². The molecule has 1 atom stereocenters. The molecule has 0 saturated heterocycles. The minimum absolute atomic E-state index is 0.0717. The van der Waals surface area contributed by atoms with E-state index >= 15 is 0 Å². The molecule has 5 rings (SSSR count). The Morgan fingerprint density at radius 2 is 1.74 bits per heavy atom. The third-order valence-electron chi connectivity index (χ3n) is 8.21. The molecule has 0 spiro atoms. The van der Waals surface area contributed by atoms with Gasteiger partial charge in [0.15, 0.2) is 0 Å². The number of carbonyl (C=O) groups is 5. The Morgan fingerprint density at radius 3 is 2.43 bits per heavy atom. The molecule has 274 valence electrons. The van der Waals surface area contributed by atoms with Gasteiger partial charge in [-0.2, -0.15) is 0 Å². The van der Waals surface area contributed by atoms with Crippen molar-refractivity contribution in [1.82, 2.24) is 10.2 Å². The molecule has 1 aliphatic heterocycles. The first-order valence-electron chi connectivity index (χ1n) is 16.8. The van der Waals surface area contributed by atoms with Gasteiger partial charge in [0.2, 0.25) is 11.8 Å². The van der Waals surface area contributed by atoms with Crippen molar-refractivity contribution in [2.24, 2.45) is 0 Å². The Bertz CT molecular complexity index is 2080. The molecular formula is C38H37N5O8S2. The van der Waals surface area contributed by atoms with E-state index in [2.05, 4.69) is 16.0 Å². The Morgan fingerprint density at radius 1 is 1.00 bits per heavy atom. The fourth-order valence-corrected chi connectivity index (χ4v) is 7.85. The lowest BCUT2D eigenvalue weighted by Crippen LogP contribution is -2.34. The molecule has 13 nitrogen and oxygen atoms in total. The quantitative estimate of drug-likeness (QED) is 0.0443. The molecule has 53 heavy (non-hydrogen) atoms. The second-order valence-electron chi connectivity index (χ2n) is 11.8. The number of hydrogen-bond acceptors (Lipinski definition) is 10. The van der Waals surface area contributed by atoms with Gasteiger partial charge in [-0.25, -0.2) is 4.79 Å². The highest BCUT2D eigenvalue weighted by Crippen LogP contribution is 2.39. The van der Waals surface area contributed by atoms with Crippen LogP contribution in [0, 0.1) is 10.1 Å². The zero-order valence-corrected chi connectivity index (χ0v) is 30.8. The van der Waals surface area contributed by atoms with Crippen LogP contribution in [0.3, 0.4) is 0 Å². The summed E-state index contributed by atoms with van der Waals surface area (Å²) in [5.41, 5.74) is 1.38. The molecule has 1 unspecified atom stereocenters. The maximum absolute atomic E-state index is 13.7. The fourth-order valence-electron chi connectivity index (χ4n) is 5.58. The lowest BCUT2D eigenvalue weighted by atomic mass is 10.0. The van der Waals surface area contributed by atoms with E-state index in [9.17, 15) is 34.1 Å². The maximum Gasteiger partial charge on any atom is 0.341 e. The van der Waals surface area contributed by atoms with Gasteiger partial charge in [0.05, 0.1) is 34.5 Å². The van der Waals surface area contributed by atoms with Gasteiger partial charge in [-0.05, 0) is 67.8 Å². The number of carbonyl (C=O) groups excluding carboxylic acids is 5. The highest BCUT2D eigenvalue weighted by Gasteiger charge is 2.31. The number of nitrogens with one attached hydrogen (secondary N) is 3. The molecule has 0 fully saturated rings. The van der Waals surface area contributed by atoms with Crippen LogP contribution in [0.1, 0.15) is 63.9 Å². The minimum Gasteiger partial charge on any atom is -0.462 e. The summed E-state index contributed by atoms with van der Waals surface area (Å²) in [4.78, 5) is 79.7. The molecule has 4 aromatic rings. The second kappa shape index (κ2) is 17.6. The molecule has 15 heteroatoms. The van der Waals surface area contributed by atoms with Gasteiger partial charge >= 0.3 is 5.97 Å². The summed E-state index contributed by atoms with van der Waals surface area (Å²) in [6.07, 6.45) is 2.14. The van der Waals surface area contributed by atoms with Crippen LogP contribution < -0.4 is 16.0 Å². The van der Waals surface area contributed by atoms with Crippen LogP contribution in [0.2, 0.25) is 0 Å². The molecule has 3 N–H and O–H groups in total. The van der Waals surface area contributed by atoms with Gasteiger partial charge < -0.3 is 25.6 Å². The molecular weight excluding hydrogens is 719 g/mol. The zero-order valence-electron chi connectivity index (χ0n) is 29.2. The van der Waals surface area contributed by atoms with Crippen molar-refractivity contribution >= 4 is 75.1 Å². The first-order valence-corrected chi connectivity index (χ1v) is 18.5. The van der Waals surface area contributed by atoms with Crippen LogP contribution in [0.25, 0.3) is 6.08 Å². The van der Waals surface area contributed by atoms with E-state index in [4.69, 9.17) is 4.74 Å². The molecule has 1 aromatic heterocycles. The van der Waals surface area contributed by atoms with E-state index in [0.717, 1.165) is 10.4 Å². The third-order valence-corrected chi connectivity index (χ3v) is 10.7. The summed E-state index contributed by atoms with van der Waals surface area (Å²) in [6, 6.07) is 20.9. The lowest BCUT2D eigenvalue weighted by molar-refractivity contribution is -0.385. The second-order valence-corrected chi connectivity index (χ2v) is 14.2. The van der Waals surface area contributed by atoms with Gasteiger partial charge in [-0.15, -0.1) is 23.1 Å². The lowest BCUT2D eigenvalue weighted by Gasteiger charge is -2.25. The number of ether oxygens (including phenoxy) is 1. The van der Waals surface area contributed by atoms with Gasteiger partial charge in [-0.1, -0.05) is 43.3 Å². The van der Waals surface area contributed by atoms with Crippen molar-refractivity contribution in [3.8, 4) is 0 Å². The topological polar surface area (TPSA) is 177 Å². The summed E-state index contributed by atoms with van der Waals surface area (Å²) >= 11 is 2.52. The van der Waals surface area contributed by atoms with Crippen LogP contribution in [0.5, 0.6) is 0 Å². The molecule has 0 bridgehead atoms. The highest BCUT2D eigenvalue weighted by molar-refractivity contribution is 8.00. The zero-order chi connectivity index (χ0) is 38.1. The number of thiophene rings is 1. The fraction of sp³-hybridized carbons (Fsp3) is 0.237. The van der Waals surface area contributed by atoms with Crippen molar-refractivity contribution < 1.29 is 33.6 Å². The molecule has 4 amide bonds. The number of nitro benzene ring substituents is 1. The average molecular weight is 756 g/mol. The van der Waals surface area contributed by atoms with Gasteiger partial charge in [0.25, 0.3) is 17.5 Å². The van der Waals surface area contributed by atoms with Gasteiger partial charge in [0.1, 0.15) is 10.7 Å². The molecule has 1 aliphatic rings. The van der Waals surface area contributed by atoms with Crippen LogP contribution >= 0.6 is 23.1 Å². The predicted molar refractivity (Wildman–Crippen MR) is 204 cm³/mol. The molecule has 0 saturated carbocycles. The molecule has 2 heterocycles. The van der Waals surface area contributed by atoms with Crippen molar-refractivity contribution in [2.45, 2.75) is 50.3 Å². The van der Waals surface area contributed by atoms with E-state index in [-0.39, 0.29) is 40.9 Å². The van der Waals surface area contributed by atoms with Crippen LogP contribution in [0.15, 0.2) is 89.5 Å². The van der Waals surface area contributed by atoms with Crippen molar-refractivity contribution in [3.05, 3.63) is 122 Å². The maximum atomic E-state index is 13.7. The van der Waals surface area contributed by atoms with E-state index in [1.807, 2.05) is 6.92 Å². The minimum atomic E-state index is -0.726. The number of rotatable bonds is 13. The third kappa shape index (κ3) is 9.55. The summed E-state index contributed by atoms with van der Waals surface area (Å²) < 4.78 is 5.33. The first kappa shape index (κ1) is 38.4. The highest BCUT2D eigenvalue weighted by atomic mass is 32.2. The number of thioether (sulfide) groups is 1. The standard InChI is InChI=1S/C38H37N5O8S2/c1-4-31(36(47)41-37-33(38(48)51-5-2)28-18-19-42(23(3)44)22-32(28)53-37)52-27-16-11-15-26(21-27)39-35(46)29(40-34(45)24-12-7-6-8-13-24)20-25-14-9-10-17-30(25)43(49)50/h6-17,20-21,31H,4-5,18-19,22H2,1-3H3,(H,39,46)(H,40,45)(H,41,47)/b29-20+. The average Bonchev–Trinajstić information content (AvgIpc) is 3.51. The Balaban J connectivity index is 1.35. The first-order chi connectivity index (χ1) is 25.5. The summed E-state index contributed by atoms with van der Waals surface area (Å²) in [7, 11) is 0. The Labute approximate surface area is 313 Å². The number of amides is 4. The Hall–Kier alpha value is -5.80. The van der Waals surface area contributed by atoms with E-state index in [1.54, 1.807) is 72.5 Å².